The van der Waals surface area contributed by atoms with Crippen LogP contribution in [0.5, 0.6) is 0 Å². The molecule has 0 saturated carbocycles. The lowest BCUT2D eigenvalue weighted by atomic mass is 10.2. The smallest absolute Gasteiger partial charge is 0.289 e. The van der Waals surface area contributed by atoms with Crippen LogP contribution in [0.2, 0.25) is 0 Å². The lowest BCUT2D eigenvalue weighted by Crippen LogP contribution is -2.48. The predicted molar refractivity (Wildman–Crippen MR) is 122 cm³/mol. The number of nitrogens with zero attached hydrogens (tertiary/aromatic N) is 3. The minimum Gasteiger partial charge on any atom is -0.455 e. The van der Waals surface area contributed by atoms with Gasteiger partial charge in [-0.3, -0.25) is 4.79 Å². The zero-order chi connectivity index (χ0) is 20.3. The summed E-state index contributed by atoms with van der Waals surface area (Å²) in [6.07, 6.45) is 0. The van der Waals surface area contributed by atoms with Gasteiger partial charge in [0.1, 0.15) is 11.6 Å². The number of carbonyl (C=O) groups excluding carboxylic acids is 1. The average Bonchev–Trinajstić information content (AvgIpc) is 3.45. The quantitative estimate of drug-likeness (QED) is 0.406. The summed E-state index contributed by atoms with van der Waals surface area (Å²) in [5, 5.41) is 1.19. The Morgan fingerprint density at radius 3 is 2.57 bits per heavy atom. The normalized spacial score (nSPS) is 14.4. The number of anilines is 1. The van der Waals surface area contributed by atoms with E-state index in [0.717, 1.165) is 24.7 Å². The third-order valence-corrected chi connectivity index (χ3v) is 7.07. The van der Waals surface area contributed by atoms with Crippen LogP contribution in [0.1, 0.15) is 16.3 Å². The lowest BCUT2D eigenvalue weighted by Gasteiger charge is -2.34. The molecule has 0 N–H and O–H groups in total. The van der Waals surface area contributed by atoms with Crippen molar-refractivity contribution in [2.75, 3.05) is 31.1 Å². The number of hydrogen-bond acceptors (Lipinski definition) is 6. The lowest BCUT2D eigenvalue weighted by molar-refractivity contribution is 0.0713. The van der Waals surface area contributed by atoms with Crippen molar-refractivity contribution in [2.45, 2.75) is 10.6 Å². The van der Waals surface area contributed by atoms with Crippen molar-refractivity contribution in [1.29, 1.82) is 0 Å². The summed E-state index contributed by atoms with van der Waals surface area (Å²) in [6.45, 7) is 2.88. The van der Waals surface area contributed by atoms with Crippen molar-refractivity contribution in [3.63, 3.8) is 0 Å². The number of piperazine rings is 1. The van der Waals surface area contributed by atoms with Crippen molar-refractivity contribution in [2.24, 2.45) is 0 Å². The van der Waals surface area contributed by atoms with E-state index in [4.69, 9.17) is 4.42 Å². The minimum atomic E-state index is -0.0336. The molecule has 5 rings (SSSR count). The van der Waals surface area contributed by atoms with Gasteiger partial charge < -0.3 is 14.2 Å². The van der Waals surface area contributed by atoms with Gasteiger partial charge in [-0.15, -0.1) is 11.8 Å². The van der Waals surface area contributed by atoms with E-state index in [2.05, 4.69) is 33.5 Å². The molecule has 1 saturated heterocycles. The number of rotatable bonds is 5. The molecule has 0 atom stereocenters. The van der Waals surface area contributed by atoms with Gasteiger partial charge in [-0.2, -0.15) is 4.37 Å². The first-order chi connectivity index (χ1) is 14.8. The van der Waals surface area contributed by atoms with Crippen LogP contribution in [0.25, 0.3) is 10.1 Å². The first-order valence-corrected chi connectivity index (χ1v) is 11.7. The number of aromatic nitrogens is 1. The first-order valence-electron chi connectivity index (χ1n) is 9.93. The Balaban J connectivity index is 1.19. The Bertz CT molecular complexity index is 1150. The van der Waals surface area contributed by atoms with Gasteiger partial charge in [0.15, 0.2) is 5.76 Å². The molecule has 30 heavy (non-hydrogen) atoms. The summed E-state index contributed by atoms with van der Waals surface area (Å²) >= 11 is 3.23. The van der Waals surface area contributed by atoms with Gasteiger partial charge in [0, 0.05) is 36.5 Å². The SMILES string of the molecule is O=C(c1ccc(CSc2ccccc2)o1)N1CCN(c2nsc3ccccc23)CC1. The molecule has 1 amide bonds. The molecular formula is C23H21N3O2S2. The van der Waals surface area contributed by atoms with Crippen LogP contribution in [-0.4, -0.2) is 41.4 Å². The second-order valence-corrected chi connectivity index (χ2v) is 9.00. The number of fused-ring (bicyclic) bond motifs is 1. The highest BCUT2D eigenvalue weighted by Gasteiger charge is 2.26. The van der Waals surface area contributed by atoms with E-state index in [0.29, 0.717) is 24.6 Å². The van der Waals surface area contributed by atoms with E-state index in [1.54, 1.807) is 17.8 Å². The molecule has 0 aliphatic carbocycles. The van der Waals surface area contributed by atoms with Crippen molar-refractivity contribution >= 4 is 45.1 Å². The maximum Gasteiger partial charge on any atom is 0.289 e. The number of hydrogen-bond donors (Lipinski definition) is 0. The Labute approximate surface area is 183 Å². The van der Waals surface area contributed by atoms with Crippen molar-refractivity contribution in [3.05, 3.63) is 78.3 Å². The summed E-state index contributed by atoms with van der Waals surface area (Å²) in [5.74, 6) is 2.95. The van der Waals surface area contributed by atoms with Gasteiger partial charge in [-0.05, 0) is 47.9 Å². The van der Waals surface area contributed by atoms with E-state index >= 15 is 0 Å². The molecule has 0 bridgehead atoms. The molecule has 152 valence electrons. The molecule has 1 aliphatic heterocycles. The average molecular weight is 436 g/mol. The number of benzene rings is 2. The summed E-state index contributed by atoms with van der Waals surface area (Å²) in [6, 6.07) is 22.2. The summed E-state index contributed by atoms with van der Waals surface area (Å²) in [7, 11) is 0. The fraction of sp³-hybridized carbons (Fsp3) is 0.217. The number of thioether (sulfide) groups is 1. The third kappa shape index (κ3) is 3.95. The topological polar surface area (TPSA) is 49.6 Å². The summed E-state index contributed by atoms with van der Waals surface area (Å²) < 4.78 is 11.7. The molecule has 5 nitrogen and oxygen atoms in total. The van der Waals surface area contributed by atoms with Crippen LogP contribution in [0.4, 0.5) is 5.82 Å². The van der Waals surface area contributed by atoms with Crippen LogP contribution in [0.3, 0.4) is 0 Å². The van der Waals surface area contributed by atoms with E-state index < -0.39 is 0 Å². The van der Waals surface area contributed by atoms with Crippen molar-refractivity contribution in [1.82, 2.24) is 9.27 Å². The molecule has 3 heterocycles. The van der Waals surface area contributed by atoms with Crippen LogP contribution < -0.4 is 4.90 Å². The number of carbonyl (C=O) groups is 1. The van der Waals surface area contributed by atoms with Crippen LogP contribution in [0, 0.1) is 0 Å². The van der Waals surface area contributed by atoms with Crippen LogP contribution in [0.15, 0.2) is 76.0 Å². The largest absolute Gasteiger partial charge is 0.455 e. The van der Waals surface area contributed by atoms with Gasteiger partial charge in [-0.1, -0.05) is 30.3 Å². The van der Waals surface area contributed by atoms with Gasteiger partial charge in [0.2, 0.25) is 0 Å². The number of amides is 1. The maximum absolute atomic E-state index is 12.9. The van der Waals surface area contributed by atoms with Crippen LogP contribution in [-0.2, 0) is 5.75 Å². The molecule has 1 fully saturated rings. The fourth-order valence-electron chi connectivity index (χ4n) is 3.62. The summed E-state index contributed by atoms with van der Waals surface area (Å²) in [4.78, 5) is 18.2. The minimum absolute atomic E-state index is 0.0336. The number of furan rings is 1. The van der Waals surface area contributed by atoms with E-state index in [9.17, 15) is 4.79 Å². The Morgan fingerprint density at radius 1 is 0.967 bits per heavy atom. The van der Waals surface area contributed by atoms with E-state index in [-0.39, 0.29) is 5.91 Å². The monoisotopic (exact) mass is 435 g/mol. The second-order valence-electron chi connectivity index (χ2n) is 7.15. The summed E-state index contributed by atoms with van der Waals surface area (Å²) in [5.41, 5.74) is 0. The molecule has 0 unspecified atom stereocenters. The molecule has 4 aromatic rings. The zero-order valence-electron chi connectivity index (χ0n) is 16.4. The van der Waals surface area contributed by atoms with Crippen molar-refractivity contribution in [3.8, 4) is 0 Å². The van der Waals surface area contributed by atoms with Gasteiger partial charge in [0.25, 0.3) is 5.91 Å². The highest BCUT2D eigenvalue weighted by atomic mass is 32.2. The van der Waals surface area contributed by atoms with Gasteiger partial charge >= 0.3 is 0 Å². The first kappa shape index (κ1) is 19.2. The standard InChI is InChI=1S/C23H21N3O2S2/c27-23(20-11-10-17(28-20)16-29-18-6-2-1-3-7-18)26-14-12-25(13-15-26)22-19-8-4-5-9-21(19)30-24-22/h1-11H,12-16H2. The molecule has 0 radical (unpaired) electrons. The highest BCUT2D eigenvalue weighted by molar-refractivity contribution is 7.98. The Morgan fingerprint density at radius 2 is 1.73 bits per heavy atom. The Hall–Kier alpha value is -2.77. The Kier molecular flexibility index (Phi) is 5.46. The highest BCUT2D eigenvalue weighted by Crippen LogP contribution is 2.30. The van der Waals surface area contributed by atoms with E-state index in [1.165, 1.54) is 26.5 Å². The van der Waals surface area contributed by atoms with Gasteiger partial charge in [-0.25, -0.2) is 0 Å². The second kappa shape index (κ2) is 8.53. The molecular weight excluding hydrogens is 414 g/mol. The van der Waals surface area contributed by atoms with Crippen molar-refractivity contribution < 1.29 is 9.21 Å². The fourth-order valence-corrected chi connectivity index (χ4v) is 5.23. The maximum atomic E-state index is 12.9. The predicted octanol–water partition coefficient (Wildman–Crippen LogP) is 5.14. The molecule has 0 spiro atoms. The zero-order valence-corrected chi connectivity index (χ0v) is 18.0. The molecule has 2 aromatic carbocycles. The molecule has 1 aliphatic rings. The van der Waals surface area contributed by atoms with E-state index in [1.807, 2.05) is 41.3 Å². The van der Waals surface area contributed by atoms with Gasteiger partial charge in [0.05, 0.1) is 10.5 Å². The molecule has 7 heteroatoms. The van der Waals surface area contributed by atoms with Crippen LogP contribution >= 0.6 is 23.3 Å². The molecule has 2 aromatic heterocycles. The third-order valence-electron chi connectivity index (χ3n) is 5.22.